The van der Waals surface area contributed by atoms with E-state index in [4.69, 9.17) is 21.4 Å². The first-order valence-electron chi connectivity index (χ1n) is 5.86. The van der Waals surface area contributed by atoms with E-state index >= 15 is 0 Å². The summed E-state index contributed by atoms with van der Waals surface area (Å²) in [6, 6.07) is 14.5. The number of ether oxygens (including phenoxy) is 1. The molecule has 19 heavy (non-hydrogen) atoms. The highest BCUT2D eigenvalue weighted by molar-refractivity contribution is 6.30. The summed E-state index contributed by atoms with van der Waals surface area (Å²) >= 11 is 5.81. The van der Waals surface area contributed by atoms with Gasteiger partial charge in [0.15, 0.2) is 0 Å². The van der Waals surface area contributed by atoms with E-state index in [-0.39, 0.29) is 0 Å². The van der Waals surface area contributed by atoms with Crippen molar-refractivity contribution in [2.45, 2.75) is 13.0 Å². The molecule has 0 aromatic heterocycles. The summed E-state index contributed by atoms with van der Waals surface area (Å²) in [4.78, 5) is 0. The van der Waals surface area contributed by atoms with Gasteiger partial charge in [0, 0.05) is 10.6 Å². The van der Waals surface area contributed by atoms with Gasteiger partial charge in [-0.15, -0.1) is 0 Å². The summed E-state index contributed by atoms with van der Waals surface area (Å²) < 4.78 is 5.69. The van der Waals surface area contributed by atoms with Crippen LogP contribution in [-0.4, -0.2) is 11.2 Å². The minimum Gasteiger partial charge on any atom is -0.457 e. The summed E-state index contributed by atoms with van der Waals surface area (Å²) in [6.45, 7) is 1.63. The summed E-state index contributed by atoms with van der Waals surface area (Å²) in [5, 5.41) is 9.80. The molecule has 2 rings (SSSR count). The van der Waals surface area contributed by atoms with Gasteiger partial charge in [-0.3, -0.25) is 0 Å². The summed E-state index contributed by atoms with van der Waals surface area (Å²) in [7, 11) is 0. The minimum atomic E-state index is -0.638. The van der Waals surface area contributed by atoms with E-state index < -0.39 is 6.10 Å². The average molecular weight is 273 g/mol. The zero-order valence-corrected chi connectivity index (χ0v) is 11.2. The van der Waals surface area contributed by atoms with Crippen molar-refractivity contribution in [3.63, 3.8) is 0 Å². The topological polar surface area (TPSA) is 29.5 Å². The van der Waals surface area contributed by atoms with Gasteiger partial charge in [-0.05, 0) is 49.4 Å². The van der Waals surface area contributed by atoms with Gasteiger partial charge < -0.3 is 9.84 Å². The normalized spacial score (nSPS) is 11.3. The Labute approximate surface area is 117 Å². The molecule has 1 N–H and O–H groups in total. The van der Waals surface area contributed by atoms with Crippen molar-refractivity contribution in [2.75, 3.05) is 0 Å². The Morgan fingerprint density at radius 3 is 2.53 bits per heavy atom. The largest absolute Gasteiger partial charge is 0.457 e. The number of benzene rings is 2. The van der Waals surface area contributed by atoms with Crippen molar-refractivity contribution in [3.8, 4) is 23.3 Å². The molecule has 0 radical (unpaired) electrons. The van der Waals surface area contributed by atoms with Crippen molar-refractivity contribution in [1.29, 1.82) is 0 Å². The molecule has 0 amide bonds. The zero-order valence-electron chi connectivity index (χ0n) is 10.4. The third-order valence-corrected chi connectivity index (χ3v) is 2.56. The van der Waals surface area contributed by atoms with Crippen LogP contribution in [0.5, 0.6) is 11.5 Å². The van der Waals surface area contributed by atoms with Gasteiger partial charge in [-0.25, -0.2) is 0 Å². The van der Waals surface area contributed by atoms with E-state index in [1.54, 1.807) is 31.2 Å². The van der Waals surface area contributed by atoms with Crippen LogP contribution in [-0.2, 0) is 0 Å². The molecule has 0 fully saturated rings. The Bertz CT molecular complexity index is 607. The molecular formula is C16H13ClO2. The van der Waals surface area contributed by atoms with Crippen molar-refractivity contribution in [2.24, 2.45) is 0 Å². The molecule has 0 aliphatic carbocycles. The van der Waals surface area contributed by atoms with Gasteiger partial charge >= 0.3 is 0 Å². The van der Waals surface area contributed by atoms with Crippen molar-refractivity contribution in [3.05, 3.63) is 59.1 Å². The molecule has 2 aromatic carbocycles. The summed E-state index contributed by atoms with van der Waals surface area (Å²) in [6.07, 6.45) is -0.638. The van der Waals surface area contributed by atoms with Gasteiger partial charge in [0.1, 0.15) is 17.6 Å². The van der Waals surface area contributed by atoms with Crippen LogP contribution in [0.15, 0.2) is 48.5 Å². The lowest BCUT2D eigenvalue weighted by atomic mass is 10.2. The van der Waals surface area contributed by atoms with Crippen molar-refractivity contribution < 1.29 is 9.84 Å². The Balaban J connectivity index is 2.15. The van der Waals surface area contributed by atoms with Gasteiger partial charge in [0.2, 0.25) is 0 Å². The standard InChI is InChI=1S/C16H13ClO2/c1-12(18)5-6-13-3-2-4-16(11-13)19-15-9-7-14(17)8-10-15/h2-4,7-12,18H,1H3. The molecule has 3 heteroatoms. The first kappa shape index (κ1) is 13.5. The van der Waals surface area contributed by atoms with E-state index in [0.717, 1.165) is 5.56 Å². The second-order valence-electron chi connectivity index (χ2n) is 4.03. The van der Waals surface area contributed by atoms with Crippen LogP contribution in [0.4, 0.5) is 0 Å². The maximum Gasteiger partial charge on any atom is 0.128 e. The molecular weight excluding hydrogens is 260 g/mol. The van der Waals surface area contributed by atoms with Crippen molar-refractivity contribution >= 4 is 11.6 Å². The summed E-state index contributed by atoms with van der Waals surface area (Å²) in [5.41, 5.74) is 0.798. The highest BCUT2D eigenvalue weighted by Gasteiger charge is 1.98. The lowest BCUT2D eigenvalue weighted by Gasteiger charge is -2.05. The lowest BCUT2D eigenvalue weighted by Crippen LogP contribution is -1.92. The van der Waals surface area contributed by atoms with E-state index in [1.165, 1.54) is 0 Å². The molecule has 1 unspecified atom stereocenters. The second kappa shape index (κ2) is 6.29. The van der Waals surface area contributed by atoms with E-state index in [9.17, 15) is 0 Å². The van der Waals surface area contributed by atoms with Gasteiger partial charge in [0.25, 0.3) is 0 Å². The minimum absolute atomic E-state index is 0.638. The molecule has 0 saturated heterocycles. The predicted octanol–water partition coefficient (Wildman–Crippen LogP) is 3.86. The van der Waals surface area contributed by atoms with Gasteiger partial charge in [-0.2, -0.15) is 0 Å². The van der Waals surface area contributed by atoms with Crippen LogP contribution in [0.3, 0.4) is 0 Å². The molecule has 0 heterocycles. The van der Waals surface area contributed by atoms with Crippen LogP contribution in [0.25, 0.3) is 0 Å². The fourth-order valence-electron chi connectivity index (χ4n) is 1.46. The number of rotatable bonds is 2. The summed E-state index contributed by atoms with van der Waals surface area (Å²) in [5.74, 6) is 6.98. The van der Waals surface area contributed by atoms with E-state index in [0.29, 0.717) is 16.5 Å². The number of aliphatic hydroxyl groups excluding tert-OH is 1. The van der Waals surface area contributed by atoms with Crippen LogP contribution >= 0.6 is 11.6 Å². The third kappa shape index (κ3) is 4.33. The Kier molecular flexibility index (Phi) is 4.46. The molecule has 0 aliphatic rings. The van der Waals surface area contributed by atoms with Gasteiger partial charge in [-0.1, -0.05) is 29.5 Å². The first-order valence-corrected chi connectivity index (χ1v) is 6.24. The average Bonchev–Trinajstić information content (AvgIpc) is 2.40. The molecule has 1 atom stereocenters. The Hall–Kier alpha value is -1.95. The number of hydrogen-bond acceptors (Lipinski definition) is 2. The van der Waals surface area contributed by atoms with Crippen LogP contribution < -0.4 is 4.74 Å². The van der Waals surface area contributed by atoms with Crippen LogP contribution in [0.1, 0.15) is 12.5 Å². The number of aliphatic hydroxyl groups is 1. The first-order chi connectivity index (χ1) is 9.13. The van der Waals surface area contributed by atoms with Crippen LogP contribution in [0, 0.1) is 11.8 Å². The molecule has 0 bridgehead atoms. The van der Waals surface area contributed by atoms with Gasteiger partial charge in [0.05, 0.1) is 0 Å². The predicted molar refractivity (Wildman–Crippen MR) is 76.5 cm³/mol. The monoisotopic (exact) mass is 272 g/mol. The number of halogens is 1. The maximum atomic E-state index is 9.13. The molecule has 2 nitrogen and oxygen atoms in total. The molecule has 0 saturated carbocycles. The molecule has 0 spiro atoms. The quantitative estimate of drug-likeness (QED) is 0.841. The third-order valence-electron chi connectivity index (χ3n) is 2.31. The zero-order chi connectivity index (χ0) is 13.7. The van der Waals surface area contributed by atoms with E-state index in [1.807, 2.05) is 24.3 Å². The SMILES string of the molecule is CC(O)C#Cc1cccc(Oc2ccc(Cl)cc2)c1. The Morgan fingerprint density at radius 1 is 1.11 bits per heavy atom. The van der Waals surface area contributed by atoms with E-state index in [2.05, 4.69) is 11.8 Å². The lowest BCUT2D eigenvalue weighted by molar-refractivity contribution is 0.253. The maximum absolute atomic E-state index is 9.13. The number of hydrogen-bond donors (Lipinski definition) is 1. The smallest absolute Gasteiger partial charge is 0.128 e. The molecule has 96 valence electrons. The van der Waals surface area contributed by atoms with Crippen LogP contribution in [0.2, 0.25) is 5.02 Å². The fourth-order valence-corrected chi connectivity index (χ4v) is 1.59. The highest BCUT2D eigenvalue weighted by Crippen LogP contribution is 2.23. The molecule has 0 aliphatic heterocycles. The fraction of sp³-hybridized carbons (Fsp3) is 0.125. The van der Waals surface area contributed by atoms with Crippen molar-refractivity contribution in [1.82, 2.24) is 0 Å². The molecule has 2 aromatic rings. The highest BCUT2D eigenvalue weighted by atomic mass is 35.5. The second-order valence-corrected chi connectivity index (χ2v) is 4.47. The Morgan fingerprint density at radius 2 is 1.84 bits per heavy atom.